The van der Waals surface area contributed by atoms with Crippen LogP contribution in [0.4, 0.5) is 5.69 Å². The quantitative estimate of drug-likeness (QED) is 0.433. The fraction of sp³-hybridized carbons (Fsp3) is 0.318. The molecule has 2 aromatic carbocycles. The highest BCUT2D eigenvalue weighted by atomic mass is 16.5. The summed E-state index contributed by atoms with van der Waals surface area (Å²) in [5.74, 6) is -0.665. The number of rotatable bonds is 9. The first-order valence-corrected chi connectivity index (χ1v) is 9.73. The second kappa shape index (κ2) is 11.6. The third kappa shape index (κ3) is 7.21. The lowest BCUT2D eigenvalue weighted by Crippen LogP contribution is -2.41. The first-order chi connectivity index (χ1) is 14.4. The molecule has 0 saturated heterocycles. The average Bonchev–Trinajstić information content (AvgIpc) is 2.75. The Bertz CT molecular complexity index is 865. The molecule has 3 amide bonds. The normalized spacial score (nSPS) is 10.4. The molecule has 0 unspecified atom stereocenters. The largest absolute Gasteiger partial charge is 0.491 e. The number of carbonyl (C=O) groups excluding carboxylic acids is 3. The number of nitrogens with one attached hydrogen (secondary N) is 3. The number of amides is 3. The summed E-state index contributed by atoms with van der Waals surface area (Å²) in [7, 11) is 0. The topological polar surface area (TPSA) is 106 Å². The first-order valence-electron chi connectivity index (χ1n) is 9.73. The highest BCUT2D eigenvalue weighted by Gasteiger charge is 2.11. The fourth-order valence-corrected chi connectivity index (χ4v) is 2.34. The van der Waals surface area contributed by atoms with E-state index in [1.807, 2.05) is 6.92 Å². The second-order valence-electron chi connectivity index (χ2n) is 6.70. The number of hydrazine groups is 1. The molecule has 8 heteroatoms. The Morgan fingerprint density at radius 1 is 0.900 bits per heavy atom. The zero-order chi connectivity index (χ0) is 21.9. The van der Waals surface area contributed by atoms with Crippen molar-refractivity contribution in [3.8, 4) is 5.75 Å². The van der Waals surface area contributed by atoms with Gasteiger partial charge in [0, 0.05) is 29.3 Å². The van der Waals surface area contributed by atoms with Crippen LogP contribution in [0.15, 0.2) is 48.5 Å². The van der Waals surface area contributed by atoms with Crippen LogP contribution in [0.3, 0.4) is 0 Å². The van der Waals surface area contributed by atoms with Gasteiger partial charge in [0.15, 0.2) is 0 Å². The summed E-state index contributed by atoms with van der Waals surface area (Å²) in [6.07, 6.45) is 0. The van der Waals surface area contributed by atoms with Crippen molar-refractivity contribution in [2.24, 2.45) is 5.92 Å². The van der Waals surface area contributed by atoms with E-state index in [0.29, 0.717) is 42.4 Å². The summed E-state index contributed by atoms with van der Waals surface area (Å²) in [6, 6.07) is 13.0. The second-order valence-corrected chi connectivity index (χ2v) is 6.70. The van der Waals surface area contributed by atoms with Crippen LogP contribution < -0.4 is 20.9 Å². The zero-order valence-corrected chi connectivity index (χ0v) is 17.4. The van der Waals surface area contributed by atoms with Gasteiger partial charge in [0.05, 0.1) is 6.61 Å². The van der Waals surface area contributed by atoms with Crippen LogP contribution in [0.5, 0.6) is 5.75 Å². The predicted octanol–water partition coefficient (Wildman–Crippen LogP) is 2.77. The minimum absolute atomic E-state index is 0.108. The molecule has 0 spiro atoms. The predicted molar refractivity (Wildman–Crippen MR) is 113 cm³/mol. The lowest BCUT2D eigenvalue weighted by Gasteiger charge is -2.10. The molecule has 0 aromatic heterocycles. The molecule has 0 radical (unpaired) electrons. The molecule has 160 valence electrons. The van der Waals surface area contributed by atoms with E-state index >= 15 is 0 Å². The summed E-state index contributed by atoms with van der Waals surface area (Å²) < 4.78 is 10.7. The van der Waals surface area contributed by atoms with Crippen LogP contribution >= 0.6 is 0 Å². The molecule has 3 N–H and O–H groups in total. The molecular weight excluding hydrogens is 386 g/mol. The maximum absolute atomic E-state index is 12.3. The molecule has 8 nitrogen and oxygen atoms in total. The molecule has 0 saturated carbocycles. The Labute approximate surface area is 175 Å². The van der Waals surface area contributed by atoms with Crippen LogP contribution in [0.25, 0.3) is 0 Å². The van der Waals surface area contributed by atoms with E-state index in [-0.39, 0.29) is 11.8 Å². The third-order valence-corrected chi connectivity index (χ3v) is 4.03. The lowest BCUT2D eigenvalue weighted by atomic mass is 10.1. The van der Waals surface area contributed by atoms with Crippen molar-refractivity contribution < 1.29 is 23.9 Å². The number of hydrogen-bond donors (Lipinski definition) is 3. The van der Waals surface area contributed by atoms with Crippen LogP contribution in [-0.4, -0.2) is 37.5 Å². The fourth-order valence-electron chi connectivity index (χ4n) is 2.34. The number of carbonyl (C=O) groups is 3. The maximum atomic E-state index is 12.3. The molecule has 0 aliphatic rings. The van der Waals surface area contributed by atoms with Crippen LogP contribution in [-0.2, 0) is 9.53 Å². The van der Waals surface area contributed by atoms with Gasteiger partial charge in [-0.3, -0.25) is 25.2 Å². The zero-order valence-electron chi connectivity index (χ0n) is 17.4. The van der Waals surface area contributed by atoms with Crippen molar-refractivity contribution in [1.29, 1.82) is 0 Å². The summed E-state index contributed by atoms with van der Waals surface area (Å²) in [5.41, 5.74) is 6.02. The molecule has 0 aliphatic heterocycles. The smallest absolute Gasteiger partial charge is 0.269 e. The minimum atomic E-state index is -0.478. The summed E-state index contributed by atoms with van der Waals surface area (Å²) in [6.45, 7) is 6.94. The van der Waals surface area contributed by atoms with Gasteiger partial charge in [0.1, 0.15) is 12.4 Å². The van der Waals surface area contributed by atoms with E-state index in [2.05, 4.69) is 16.2 Å². The first kappa shape index (κ1) is 22.9. The Kier molecular flexibility index (Phi) is 8.83. The van der Waals surface area contributed by atoms with Gasteiger partial charge in [0.2, 0.25) is 5.91 Å². The van der Waals surface area contributed by atoms with Crippen molar-refractivity contribution in [2.45, 2.75) is 20.8 Å². The highest BCUT2D eigenvalue weighted by Crippen LogP contribution is 2.13. The summed E-state index contributed by atoms with van der Waals surface area (Å²) >= 11 is 0. The van der Waals surface area contributed by atoms with E-state index in [4.69, 9.17) is 9.47 Å². The molecule has 0 heterocycles. The van der Waals surface area contributed by atoms with Crippen molar-refractivity contribution >= 4 is 23.4 Å². The molecule has 0 fully saturated rings. The molecular formula is C22H27N3O5. The molecule has 0 aliphatic carbocycles. The van der Waals surface area contributed by atoms with E-state index in [1.165, 1.54) is 0 Å². The summed E-state index contributed by atoms with van der Waals surface area (Å²) in [5, 5.41) is 2.75. The van der Waals surface area contributed by atoms with Crippen molar-refractivity contribution in [3.05, 3.63) is 59.7 Å². The van der Waals surface area contributed by atoms with Gasteiger partial charge in [-0.15, -0.1) is 0 Å². The van der Waals surface area contributed by atoms with Gasteiger partial charge >= 0.3 is 0 Å². The van der Waals surface area contributed by atoms with Crippen molar-refractivity contribution in [3.63, 3.8) is 0 Å². The molecule has 30 heavy (non-hydrogen) atoms. The Balaban J connectivity index is 1.87. The van der Waals surface area contributed by atoms with Crippen molar-refractivity contribution in [2.75, 3.05) is 25.1 Å². The number of hydrogen-bond acceptors (Lipinski definition) is 5. The molecule has 2 rings (SSSR count). The van der Waals surface area contributed by atoms with E-state index in [9.17, 15) is 14.4 Å². The van der Waals surface area contributed by atoms with Gasteiger partial charge in [0.25, 0.3) is 11.8 Å². The van der Waals surface area contributed by atoms with E-state index < -0.39 is 11.8 Å². The van der Waals surface area contributed by atoms with Crippen molar-refractivity contribution in [1.82, 2.24) is 10.9 Å². The SMILES string of the molecule is CCOCCOc1cccc(C(=O)NNC(=O)c2ccc(NC(=O)C(C)C)cc2)c1. The number of anilines is 1. The van der Waals surface area contributed by atoms with E-state index in [0.717, 1.165) is 0 Å². The van der Waals surface area contributed by atoms with E-state index in [1.54, 1.807) is 62.4 Å². The minimum Gasteiger partial charge on any atom is -0.491 e. The van der Waals surface area contributed by atoms with Crippen LogP contribution in [0, 0.1) is 5.92 Å². The third-order valence-electron chi connectivity index (χ3n) is 4.03. The standard InChI is InChI=1S/C22H27N3O5/c1-4-29-12-13-30-19-7-5-6-17(14-19)22(28)25-24-21(27)16-8-10-18(11-9-16)23-20(26)15(2)3/h5-11,14-15H,4,12-13H2,1-3H3,(H,23,26)(H,24,27)(H,25,28). The summed E-state index contributed by atoms with van der Waals surface area (Å²) in [4.78, 5) is 36.2. The van der Waals surface area contributed by atoms with Gasteiger partial charge < -0.3 is 14.8 Å². The average molecular weight is 413 g/mol. The Morgan fingerprint density at radius 2 is 1.57 bits per heavy atom. The number of ether oxygens (including phenoxy) is 2. The van der Waals surface area contributed by atoms with Crippen LogP contribution in [0.2, 0.25) is 0 Å². The van der Waals surface area contributed by atoms with Gasteiger partial charge in [-0.05, 0) is 49.4 Å². The Morgan fingerprint density at radius 3 is 2.20 bits per heavy atom. The number of benzene rings is 2. The maximum Gasteiger partial charge on any atom is 0.269 e. The van der Waals surface area contributed by atoms with Crippen LogP contribution in [0.1, 0.15) is 41.5 Å². The molecule has 2 aromatic rings. The molecule has 0 atom stereocenters. The van der Waals surface area contributed by atoms with Gasteiger partial charge in [-0.25, -0.2) is 0 Å². The van der Waals surface area contributed by atoms with Gasteiger partial charge in [-0.1, -0.05) is 19.9 Å². The van der Waals surface area contributed by atoms with Gasteiger partial charge in [-0.2, -0.15) is 0 Å². The Hall–Kier alpha value is -3.39. The molecule has 0 bridgehead atoms. The monoisotopic (exact) mass is 413 g/mol. The lowest BCUT2D eigenvalue weighted by molar-refractivity contribution is -0.118. The highest BCUT2D eigenvalue weighted by molar-refractivity contribution is 5.99.